The fraction of sp³-hybridized carbons (Fsp3) is 0.667. The first-order chi connectivity index (χ1) is 10.6. The number of nitrogens with zero attached hydrogens (tertiary/aromatic N) is 5. The lowest BCUT2D eigenvalue weighted by molar-refractivity contribution is 0.531. The van der Waals surface area contributed by atoms with Crippen LogP contribution in [0, 0.1) is 17.2 Å². The molecule has 0 aliphatic heterocycles. The summed E-state index contributed by atoms with van der Waals surface area (Å²) in [4.78, 5) is 10.6. The van der Waals surface area contributed by atoms with Crippen molar-refractivity contribution in [3.8, 4) is 6.07 Å². The summed E-state index contributed by atoms with van der Waals surface area (Å²) in [6.45, 7) is 0.640. The predicted octanol–water partition coefficient (Wildman–Crippen LogP) is 1.46. The molecule has 0 saturated heterocycles. The first-order valence-corrected chi connectivity index (χ1v) is 7.61. The number of anilines is 1. The lowest BCUT2D eigenvalue weighted by Crippen LogP contribution is -2.44. The van der Waals surface area contributed by atoms with E-state index in [1.807, 2.05) is 36.8 Å². The van der Waals surface area contributed by atoms with Crippen LogP contribution < -0.4 is 15.5 Å². The summed E-state index contributed by atoms with van der Waals surface area (Å²) < 4.78 is 2.05. The van der Waals surface area contributed by atoms with E-state index in [4.69, 9.17) is 5.26 Å². The molecule has 2 N–H and O–H groups in total. The van der Waals surface area contributed by atoms with E-state index < -0.39 is 0 Å². The van der Waals surface area contributed by atoms with Crippen LogP contribution in [0.2, 0.25) is 0 Å². The molecule has 1 heterocycles. The van der Waals surface area contributed by atoms with Gasteiger partial charge < -0.3 is 20.1 Å². The number of rotatable bonds is 4. The summed E-state index contributed by atoms with van der Waals surface area (Å²) in [5.74, 6) is 1.73. The zero-order valence-corrected chi connectivity index (χ0v) is 16.5. The fourth-order valence-electron chi connectivity index (χ4n) is 2.85. The minimum Gasteiger partial charge on any atom is -0.352 e. The predicted molar refractivity (Wildman–Crippen MR) is 103 cm³/mol. The zero-order chi connectivity index (χ0) is 16.1. The Morgan fingerprint density at radius 3 is 2.83 bits per heavy atom. The minimum absolute atomic E-state index is 0. The van der Waals surface area contributed by atoms with Gasteiger partial charge in [-0.3, -0.25) is 4.99 Å². The van der Waals surface area contributed by atoms with Crippen molar-refractivity contribution in [3.05, 3.63) is 11.9 Å². The summed E-state index contributed by atoms with van der Waals surface area (Å²) in [6, 6.07) is 2.57. The van der Waals surface area contributed by atoms with Gasteiger partial charge >= 0.3 is 0 Å². The van der Waals surface area contributed by atoms with Crippen LogP contribution in [-0.2, 0) is 13.6 Å². The second kappa shape index (κ2) is 8.96. The van der Waals surface area contributed by atoms with Crippen molar-refractivity contribution >= 4 is 35.9 Å². The monoisotopic (exact) mass is 431 g/mol. The second-order valence-corrected chi connectivity index (χ2v) is 5.85. The Labute approximate surface area is 155 Å². The van der Waals surface area contributed by atoms with E-state index in [0.29, 0.717) is 6.54 Å². The van der Waals surface area contributed by atoms with Crippen molar-refractivity contribution in [2.45, 2.75) is 31.8 Å². The average molecular weight is 431 g/mol. The number of nitrogens with one attached hydrogen (secondary N) is 2. The Balaban J connectivity index is 0.00000264. The first kappa shape index (κ1) is 19.5. The van der Waals surface area contributed by atoms with Gasteiger partial charge in [0.1, 0.15) is 0 Å². The molecule has 2 unspecified atom stereocenters. The number of imidazole rings is 1. The second-order valence-electron chi connectivity index (χ2n) is 5.85. The molecular formula is C15H26IN7. The number of hydrogen-bond acceptors (Lipinski definition) is 4. The van der Waals surface area contributed by atoms with Gasteiger partial charge in [0.05, 0.1) is 30.4 Å². The van der Waals surface area contributed by atoms with E-state index in [9.17, 15) is 0 Å². The molecule has 2 atom stereocenters. The van der Waals surface area contributed by atoms with Gasteiger partial charge in [-0.1, -0.05) is 0 Å². The van der Waals surface area contributed by atoms with E-state index >= 15 is 0 Å². The lowest BCUT2D eigenvalue weighted by Gasteiger charge is -2.19. The number of nitriles is 1. The Morgan fingerprint density at radius 1 is 1.52 bits per heavy atom. The number of aliphatic imine (C=N–C) groups is 1. The smallest absolute Gasteiger partial charge is 0.204 e. The van der Waals surface area contributed by atoms with Gasteiger partial charge in [-0.15, -0.1) is 24.0 Å². The molecule has 128 valence electrons. The van der Waals surface area contributed by atoms with Crippen molar-refractivity contribution in [1.82, 2.24) is 20.2 Å². The standard InChI is InChI=1S/C15H25N7.HI/c1-17-14(20-13-7-5-6-11(13)8-16)18-9-12-10-19-15(21(2)3)22(12)4;/h10-11,13H,5-7,9H2,1-4H3,(H2,17,18,20);1H. The Morgan fingerprint density at radius 2 is 2.26 bits per heavy atom. The third-order valence-electron chi connectivity index (χ3n) is 4.12. The summed E-state index contributed by atoms with van der Waals surface area (Å²) >= 11 is 0. The highest BCUT2D eigenvalue weighted by Crippen LogP contribution is 2.24. The molecule has 1 aliphatic rings. The molecule has 7 nitrogen and oxygen atoms in total. The van der Waals surface area contributed by atoms with Crippen molar-refractivity contribution in [3.63, 3.8) is 0 Å². The normalized spacial score (nSPS) is 20.6. The maximum absolute atomic E-state index is 9.15. The van der Waals surface area contributed by atoms with Crippen LogP contribution in [-0.4, -0.2) is 42.7 Å². The minimum atomic E-state index is 0. The molecule has 1 aromatic rings. The summed E-state index contributed by atoms with van der Waals surface area (Å²) in [7, 11) is 7.70. The van der Waals surface area contributed by atoms with Gasteiger partial charge in [0, 0.05) is 34.2 Å². The van der Waals surface area contributed by atoms with E-state index in [1.54, 1.807) is 7.05 Å². The average Bonchev–Trinajstić information content (AvgIpc) is 3.09. The molecular weight excluding hydrogens is 405 g/mol. The highest BCUT2D eigenvalue weighted by molar-refractivity contribution is 14.0. The van der Waals surface area contributed by atoms with Gasteiger partial charge in [-0.25, -0.2) is 4.98 Å². The Hall–Kier alpha value is -1.50. The molecule has 0 amide bonds. The van der Waals surface area contributed by atoms with E-state index in [-0.39, 0.29) is 35.9 Å². The Bertz CT molecular complexity index is 573. The zero-order valence-electron chi connectivity index (χ0n) is 14.2. The number of aromatic nitrogens is 2. The van der Waals surface area contributed by atoms with Crippen LogP contribution in [0.1, 0.15) is 25.0 Å². The van der Waals surface area contributed by atoms with Crippen LogP contribution in [0.25, 0.3) is 0 Å². The molecule has 0 radical (unpaired) electrons. The van der Waals surface area contributed by atoms with Gasteiger partial charge in [0.2, 0.25) is 5.95 Å². The first-order valence-electron chi connectivity index (χ1n) is 7.61. The third-order valence-corrected chi connectivity index (χ3v) is 4.12. The quantitative estimate of drug-likeness (QED) is 0.429. The van der Waals surface area contributed by atoms with Crippen molar-refractivity contribution in [2.75, 3.05) is 26.0 Å². The Kier molecular flexibility index (Phi) is 7.61. The van der Waals surface area contributed by atoms with Gasteiger partial charge in [-0.05, 0) is 19.3 Å². The third kappa shape index (κ3) is 4.73. The highest BCUT2D eigenvalue weighted by atomic mass is 127. The highest BCUT2D eigenvalue weighted by Gasteiger charge is 2.27. The fourth-order valence-corrected chi connectivity index (χ4v) is 2.85. The molecule has 1 aromatic heterocycles. The van der Waals surface area contributed by atoms with Crippen LogP contribution in [0.5, 0.6) is 0 Å². The van der Waals surface area contributed by atoms with Crippen molar-refractivity contribution in [2.24, 2.45) is 18.0 Å². The summed E-state index contributed by atoms with van der Waals surface area (Å²) in [6.07, 6.45) is 4.96. The van der Waals surface area contributed by atoms with Gasteiger partial charge in [0.15, 0.2) is 5.96 Å². The molecule has 0 spiro atoms. The van der Waals surface area contributed by atoms with Crippen LogP contribution >= 0.6 is 24.0 Å². The molecule has 1 fully saturated rings. The molecule has 8 heteroatoms. The summed E-state index contributed by atoms with van der Waals surface area (Å²) in [5, 5.41) is 15.8. The van der Waals surface area contributed by atoms with Gasteiger partial charge in [0.25, 0.3) is 0 Å². The molecule has 1 aliphatic carbocycles. The van der Waals surface area contributed by atoms with Crippen LogP contribution in [0.3, 0.4) is 0 Å². The van der Waals surface area contributed by atoms with E-state index in [2.05, 4.69) is 26.7 Å². The SMILES string of the molecule is CN=C(NCc1cnc(N(C)C)n1C)NC1CCCC1C#N.I. The number of hydrogen-bond donors (Lipinski definition) is 2. The molecule has 1 saturated carbocycles. The molecule has 23 heavy (non-hydrogen) atoms. The van der Waals surface area contributed by atoms with Crippen LogP contribution in [0.15, 0.2) is 11.2 Å². The maximum atomic E-state index is 9.15. The van der Waals surface area contributed by atoms with Gasteiger partial charge in [-0.2, -0.15) is 5.26 Å². The van der Waals surface area contributed by atoms with Crippen LogP contribution in [0.4, 0.5) is 5.95 Å². The summed E-state index contributed by atoms with van der Waals surface area (Å²) in [5.41, 5.74) is 1.08. The van der Waals surface area contributed by atoms with E-state index in [0.717, 1.165) is 36.9 Å². The number of halogens is 1. The number of guanidine groups is 1. The van der Waals surface area contributed by atoms with E-state index in [1.165, 1.54) is 0 Å². The van der Waals surface area contributed by atoms with Crippen molar-refractivity contribution < 1.29 is 0 Å². The van der Waals surface area contributed by atoms with Crippen molar-refractivity contribution in [1.29, 1.82) is 5.26 Å². The molecule has 2 rings (SSSR count). The molecule has 0 aromatic carbocycles. The maximum Gasteiger partial charge on any atom is 0.204 e. The lowest BCUT2D eigenvalue weighted by atomic mass is 10.1. The molecule has 0 bridgehead atoms. The topological polar surface area (TPSA) is 81.3 Å². The largest absolute Gasteiger partial charge is 0.352 e.